The number of nitrogens with one attached hydrogen (secondary N) is 1. The average Bonchev–Trinajstić information content (AvgIpc) is 2.10. The molecule has 118 valence electrons. The molecule has 2 unspecified atom stereocenters. The number of esters is 1. The quantitative estimate of drug-likeness (QED) is 0.578. The van der Waals surface area contributed by atoms with Crippen molar-refractivity contribution >= 4 is 21.7 Å². The normalized spacial score (nSPS) is 15.3. The predicted molar refractivity (Wildman–Crippen MR) is 76.9 cm³/mol. The molecule has 1 N–H and O–H groups in total. The number of amides is 1. The van der Waals surface area contributed by atoms with E-state index >= 15 is 0 Å². The molecule has 7 heteroatoms. The maximum absolute atomic E-state index is 12.2. The van der Waals surface area contributed by atoms with Gasteiger partial charge in [-0.25, -0.2) is 8.42 Å². The van der Waals surface area contributed by atoms with Gasteiger partial charge in [0.2, 0.25) is 5.91 Å². The molecule has 1 amide bonds. The Morgan fingerprint density at radius 1 is 1.25 bits per heavy atom. The van der Waals surface area contributed by atoms with Gasteiger partial charge in [-0.3, -0.25) is 9.59 Å². The lowest BCUT2D eigenvalue weighted by atomic mass is 9.80. The van der Waals surface area contributed by atoms with Gasteiger partial charge in [-0.15, -0.1) is 0 Å². The van der Waals surface area contributed by atoms with Crippen LogP contribution in [0.4, 0.5) is 0 Å². The second-order valence-corrected chi connectivity index (χ2v) is 8.24. The van der Waals surface area contributed by atoms with Crippen LogP contribution >= 0.6 is 0 Å². The first-order valence-corrected chi connectivity index (χ1v) is 8.59. The summed E-state index contributed by atoms with van der Waals surface area (Å²) in [5, 5.41) is 2.56. The number of carbonyl (C=O) groups is 2. The number of ether oxygens (including phenoxy) is 1. The van der Waals surface area contributed by atoms with Gasteiger partial charge in [0.1, 0.15) is 15.8 Å². The van der Waals surface area contributed by atoms with Crippen LogP contribution in [-0.4, -0.2) is 45.0 Å². The van der Waals surface area contributed by atoms with Gasteiger partial charge >= 0.3 is 5.97 Å². The SMILES string of the molecule is CCOC(=O)C(C(=O)NC(C)CS(C)(=O)=O)C(C)(C)C. The molecule has 0 aromatic rings. The topological polar surface area (TPSA) is 89.5 Å². The Labute approximate surface area is 121 Å². The fraction of sp³-hybridized carbons (Fsp3) is 0.846. The van der Waals surface area contributed by atoms with E-state index < -0.39 is 39.1 Å². The van der Waals surface area contributed by atoms with Crippen LogP contribution in [0.15, 0.2) is 0 Å². The summed E-state index contributed by atoms with van der Waals surface area (Å²) in [6, 6.07) is -0.559. The van der Waals surface area contributed by atoms with E-state index in [1.807, 2.05) is 0 Å². The fourth-order valence-electron chi connectivity index (χ4n) is 1.90. The summed E-state index contributed by atoms with van der Waals surface area (Å²) < 4.78 is 27.3. The van der Waals surface area contributed by atoms with E-state index in [-0.39, 0.29) is 12.4 Å². The van der Waals surface area contributed by atoms with E-state index in [9.17, 15) is 18.0 Å². The van der Waals surface area contributed by atoms with Gasteiger partial charge < -0.3 is 10.1 Å². The van der Waals surface area contributed by atoms with E-state index in [4.69, 9.17) is 4.74 Å². The number of carbonyl (C=O) groups excluding carboxylic acids is 2. The number of sulfone groups is 1. The first kappa shape index (κ1) is 18.9. The Kier molecular flexibility index (Phi) is 6.67. The molecule has 0 aliphatic heterocycles. The molecule has 0 aliphatic rings. The molecule has 6 nitrogen and oxygen atoms in total. The van der Waals surface area contributed by atoms with Gasteiger partial charge in [0.15, 0.2) is 0 Å². The molecular formula is C13H25NO5S. The lowest BCUT2D eigenvalue weighted by Crippen LogP contribution is -2.47. The molecule has 0 radical (unpaired) electrons. The summed E-state index contributed by atoms with van der Waals surface area (Å²) >= 11 is 0. The van der Waals surface area contributed by atoms with Crippen LogP contribution in [0.3, 0.4) is 0 Å². The smallest absolute Gasteiger partial charge is 0.319 e. The fourth-order valence-corrected chi connectivity index (χ4v) is 2.89. The van der Waals surface area contributed by atoms with Gasteiger partial charge in [0, 0.05) is 12.3 Å². The third-order valence-electron chi connectivity index (χ3n) is 2.59. The van der Waals surface area contributed by atoms with Crippen LogP contribution in [0.1, 0.15) is 34.6 Å². The monoisotopic (exact) mass is 307 g/mol. The molecule has 0 aromatic heterocycles. The third kappa shape index (κ3) is 6.88. The summed E-state index contributed by atoms with van der Waals surface area (Å²) in [5.41, 5.74) is -0.610. The summed E-state index contributed by atoms with van der Waals surface area (Å²) in [6.45, 7) is 8.73. The largest absolute Gasteiger partial charge is 0.465 e. The minimum Gasteiger partial charge on any atom is -0.465 e. The molecule has 0 saturated heterocycles. The maximum Gasteiger partial charge on any atom is 0.319 e. The molecule has 0 heterocycles. The number of hydrogen-bond acceptors (Lipinski definition) is 5. The van der Waals surface area contributed by atoms with E-state index in [1.165, 1.54) is 0 Å². The summed E-state index contributed by atoms with van der Waals surface area (Å²) in [5.74, 6) is -2.24. The Balaban J connectivity index is 4.94. The Morgan fingerprint density at radius 2 is 1.75 bits per heavy atom. The highest BCUT2D eigenvalue weighted by molar-refractivity contribution is 7.90. The highest BCUT2D eigenvalue weighted by Gasteiger charge is 2.39. The lowest BCUT2D eigenvalue weighted by Gasteiger charge is -2.28. The Hall–Kier alpha value is -1.11. The zero-order valence-electron chi connectivity index (χ0n) is 13.0. The van der Waals surface area contributed by atoms with E-state index in [2.05, 4.69) is 5.32 Å². The van der Waals surface area contributed by atoms with Crippen molar-refractivity contribution in [2.45, 2.75) is 40.7 Å². The summed E-state index contributed by atoms with van der Waals surface area (Å²) in [6.07, 6.45) is 1.10. The van der Waals surface area contributed by atoms with Crippen molar-refractivity contribution in [3.05, 3.63) is 0 Å². The van der Waals surface area contributed by atoms with E-state index in [0.717, 1.165) is 6.26 Å². The minimum atomic E-state index is -3.19. The second-order valence-electron chi connectivity index (χ2n) is 6.05. The molecule has 20 heavy (non-hydrogen) atoms. The van der Waals surface area contributed by atoms with Crippen molar-refractivity contribution in [3.63, 3.8) is 0 Å². The van der Waals surface area contributed by atoms with Gasteiger partial charge in [0.05, 0.1) is 12.4 Å². The van der Waals surface area contributed by atoms with Gasteiger partial charge in [-0.05, 0) is 19.3 Å². The van der Waals surface area contributed by atoms with Crippen LogP contribution in [0.2, 0.25) is 0 Å². The molecule has 0 spiro atoms. The van der Waals surface area contributed by atoms with Gasteiger partial charge in [-0.1, -0.05) is 20.8 Å². The third-order valence-corrected chi connectivity index (χ3v) is 3.70. The van der Waals surface area contributed by atoms with E-state index in [1.54, 1.807) is 34.6 Å². The highest BCUT2D eigenvalue weighted by atomic mass is 32.2. The lowest BCUT2D eigenvalue weighted by molar-refractivity contribution is -0.156. The molecule has 0 bridgehead atoms. The predicted octanol–water partition coefficient (Wildman–Crippen LogP) is 0.761. The van der Waals surface area contributed by atoms with Crippen molar-refractivity contribution in [1.82, 2.24) is 5.32 Å². The zero-order valence-corrected chi connectivity index (χ0v) is 13.8. The van der Waals surface area contributed by atoms with Crippen LogP contribution < -0.4 is 5.32 Å². The Bertz CT molecular complexity index is 450. The maximum atomic E-state index is 12.2. The van der Waals surface area contributed by atoms with Crippen LogP contribution in [0.5, 0.6) is 0 Å². The van der Waals surface area contributed by atoms with Crippen molar-refractivity contribution in [2.24, 2.45) is 11.3 Å². The van der Waals surface area contributed by atoms with Crippen molar-refractivity contribution < 1.29 is 22.7 Å². The first-order chi connectivity index (χ1) is 8.88. The minimum absolute atomic E-state index is 0.168. The molecular weight excluding hydrogens is 282 g/mol. The van der Waals surface area contributed by atoms with Gasteiger partial charge in [0.25, 0.3) is 0 Å². The molecule has 0 aliphatic carbocycles. The first-order valence-electron chi connectivity index (χ1n) is 6.53. The molecule has 0 rings (SSSR count). The standard InChI is InChI=1S/C13H25NO5S/c1-7-19-12(16)10(13(3,4)5)11(15)14-9(2)8-20(6,17)18/h9-10H,7-8H2,1-6H3,(H,14,15). The summed E-state index contributed by atoms with van der Waals surface area (Å²) in [4.78, 5) is 24.1. The van der Waals surface area contributed by atoms with Crippen LogP contribution in [-0.2, 0) is 24.2 Å². The molecule has 0 aromatic carbocycles. The molecule has 0 fully saturated rings. The van der Waals surface area contributed by atoms with Crippen molar-refractivity contribution in [3.8, 4) is 0 Å². The Morgan fingerprint density at radius 3 is 2.10 bits per heavy atom. The second kappa shape index (κ2) is 7.06. The number of rotatable bonds is 6. The molecule has 0 saturated carbocycles. The van der Waals surface area contributed by atoms with Crippen LogP contribution in [0.25, 0.3) is 0 Å². The average molecular weight is 307 g/mol. The molecule has 2 atom stereocenters. The zero-order chi connectivity index (χ0) is 16.1. The van der Waals surface area contributed by atoms with Crippen molar-refractivity contribution in [1.29, 1.82) is 0 Å². The van der Waals surface area contributed by atoms with Crippen molar-refractivity contribution in [2.75, 3.05) is 18.6 Å². The van der Waals surface area contributed by atoms with E-state index in [0.29, 0.717) is 0 Å². The highest BCUT2D eigenvalue weighted by Crippen LogP contribution is 2.27. The summed E-state index contributed by atoms with van der Waals surface area (Å²) in [7, 11) is -3.19. The number of hydrogen-bond donors (Lipinski definition) is 1. The van der Waals surface area contributed by atoms with Gasteiger partial charge in [-0.2, -0.15) is 0 Å². The van der Waals surface area contributed by atoms with Crippen LogP contribution in [0, 0.1) is 11.3 Å².